The SMILES string of the molecule is CN1CCCNC(=O)c2cccc(c2)-c2cnn3ccc(nc23)NCC1. The molecule has 3 heterocycles. The van der Waals surface area contributed by atoms with Crippen molar-refractivity contribution in [2.75, 3.05) is 38.5 Å². The van der Waals surface area contributed by atoms with E-state index in [1.165, 1.54) is 0 Å². The summed E-state index contributed by atoms with van der Waals surface area (Å²) in [5.74, 6) is 0.780. The Balaban J connectivity index is 1.76. The number of likely N-dealkylation sites (N-methyl/N-ethyl adjacent to an activating group) is 1. The maximum Gasteiger partial charge on any atom is 0.251 e. The van der Waals surface area contributed by atoms with Gasteiger partial charge < -0.3 is 15.5 Å². The summed E-state index contributed by atoms with van der Waals surface area (Å²) in [4.78, 5) is 19.4. The number of carbonyl (C=O) groups is 1. The van der Waals surface area contributed by atoms with Gasteiger partial charge in [0, 0.05) is 37.0 Å². The molecule has 0 aliphatic carbocycles. The highest BCUT2D eigenvalue weighted by atomic mass is 16.1. The van der Waals surface area contributed by atoms with Crippen LogP contribution in [-0.4, -0.2) is 58.6 Å². The summed E-state index contributed by atoms with van der Waals surface area (Å²) in [5, 5.41) is 10.8. The minimum Gasteiger partial charge on any atom is -0.369 e. The number of carbonyl (C=O) groups excluding carboxylic acids is 1. The molecule has 7 heteroatoms. The number of rotatable bonds is 0. The fourth-order valence-corrected chi connectivity index (χ4v) is 3.14. The number of hydrogen-bond acceptors (Lipinski definition) is 5. The Kier molecular flexibility index (Phi) is 4.53. The van der Waals surface area contributed by atoms with Crippen LogP contribution >= 0.6 is 0 Å². The van der Waals surface area contributed by atoms with Crippen molar-refractivity contribution < 1.29 is 4.79 Å². The zero-order valence-electron chi connectivity index (χ0n) is 14.8. The molecule has 26 heavy (non-hydrogen) atoms. The number of benzene rings is 1. The fraction of sp³-hybridized carbons (Fsp3) is 0.316. The van der Waals surface area contributed by atoms with Crippen molar-refractivity contribution in [1.82, 2.24) is 24.8 Å². The monoisotopic (exact) mass is 350 g/mol. The van der Waals surface area contributed by atoms with E-state index in [1.807, 2.05) is 36.5 Å². The van der Waals surface area contributed by atoms with Crippen LogP contribution in [0.4, 0.5) is 5.82 Å². The van der Waals surface area contributed by atoms with Crippen LogP contribution in [0.1, 0.15) is 16.8 Å². The number of fused-ring (bicyclic) bond motifs is 4. The van der Waals surface area contributed by atoms with Crippen LogP contribution in [0.15, 0.2) is 42.7 Å². The van der Waals surface area contributed by atoms with Gasteiger partial charge in [0.1, 0.15) is 5.82 Å². The van der Waals surface area contributed by atoms with Gasteiger partial charge in [-0.05, 0) is 43.8 Å². The van der Waals surface area contributed by atoms with E-state index in [0.29, 0.717) is 12.1 Å². The average Bonchev–Trinajstić information content (AvgIpc) is 3.08. The van der Waals surface area contributed by atoms with Gasteiger partial charge in [-0.3, -0.25) is 4.79 Å². The standard InChI is InChI=1S/C19H22N6O/c1-24-9-3-7-21-19(26)15-5-2-4-14(12-15)16-13-22-25-10-6-17(20-8-11-24)23-18(16)25/h2,4-6,10,12-13H,3,7-9,11H2,1H3,(H,20,23)(H,21,26). The molecule has 2 aromatic heterocycles. The van der Waals surface area contributed by atoms with Crippen molar-refractivity contribution in [3.63, 3.8) is 0 Å². The van der Waals surface area contributed by atoms with Gasteiger partial charge in [-0.1, -0.05) is 12.1 Å². The number of hydrogen-bond donors (Lipinski definition) is 2. The molecule has 1 aliphatic rings. The van der Waals surface area contributed by atoms with E-state index in [0.717, 1.165) is 48.6 Å². The third kappa shape index (κ3) is 3.39. The first kappa shape index (κ1) is 16.5. The molecule has 1 aromatic carbocycles. The Bertz CT molecular complexity index is 935. The Morgan fingerprint density at radius 1 is 1.08 bits per heavy atom. The van der Waals surface area contributed by atoms with Crippen molar-refractivity contribution >= 4 is 17.4 Å². The van der Waals surface area contributed by atoms with Crippen molar-refractivity contribution in [3.05, 3.63) is 48.3 Å². The molecule has 0 spiro atoms. The number of nitrogens with zero attached hydrogens (tertiary/aromatic N) is 4. The van der Waals surface area contributed by atoms with E-state index < -0.39 is 0 Å². The Morgan fingerprint density at radius 2 is 1.96 bits per heavy atom. The van der Waals surface area contributed by atoms with Crippen LogP contribution in [0.3, 0.4) is 0 Å². The lowest BCUT2D eigenvalue weighted by atomic mass is 10.1. The van der Waals surface area contributed by atoms with Crippen LogP contribution in [-0.2, 0) is 0 Å². The maximum atomic E-state index is 12.4. The third-order valence-electron chi connectivity index (χ3n) is 4.61. The van der Waals surface area contributed by atoms with Crippen molar-refractivity contribution in [2.24, 2.45) is 0 Å². The third-order valence-corrected chi connectivity index (χ3v) is 4.61. The predicted molar refractivity (Wildman–Crippen MR) is 101 cm³/mol. The normalized spacial score (nSPS) is 16.4. The predicted octanol–water partition coefficient (Wildman–Crippen LogP) is 1.87. The van der Waals surface area contributed by atoms with Crippen LogP contribution in [0, 0.1) is 0 Å². The van der Waals surface area contributed by atoms with E-state index in [4.69, 9.17) is 4.98 Å². The number of amides is 1. The second-order valence-electron chi connectivity index (χ2n) is 6.56. The largest absolute Gasteiger partial charge is 0.369 e. The summed E-state index contributed by atoms with van der Waals surface area (Å²) in [6.45, 7) is 3.32. The number of anilines is 1. The van der Waals surface area contributed by atoms with Crippen LogP contribution in [0.2, 0.25) is 0 Å². The van der Waals surface area contributed by atoms with E-state index in [9.17, 15) is 4.79 Å². The highest BCUT2D eigenvalue weighted by molar-refractivity contribution is 5.96. The first-order valence-corrected chi connectivity index (χ1v) is 8.86. The highest BCUT2D eigenvalue weighted by Crippen LogP contribution is 2.25. The summed E-state index contributed by atoms with van der Waals surface area (Å²) in [6.07, 6.45) is 4.61. The average molecular weight is 350 g/mol. The van der Waals surface area contributed by atoms with Gasteiger partial charge >= 0.3 is 0 Å². The van der Waals surface area contributed by atoms with E-state index in [1.54, 1.807) is 10.7 Å². The molecule has 3 aromatic rings. The molecular formula is C19H22N6O. The zero-order chi connectivity index (χ0) is 17.9. The summed E-state index contributed by atoms with van der Waals surface area (Å²) in [6, 6.07) is 9.53. The lowest BCUT2D eigenvalue weighted by Gasteiger charge is -2.17. The minimum atomic E-state index is -0.0478. The topological polar surface area (TPSA) is 74.6 Å². The molecule has 0 radical (unpaired) electrons. The van der Waals surface area contributed by atoms with E-state index in [2.05, 4.69) is 27.7 Å². The van der Waals surface area contributed by atoms with E-state index in [-0.39, 0.29) is 5.91 Å². The maximum absolute atomic E-state index is 12.4. The Labute approximate surface area is 152 Å². The highest BCUT2D eigenvalue weighted by Gasteiger charge is 2.12. The molecule has 4 bridgehead atoms. The molecule has 0 atom stereocenters. The molecule has 1 amide bonds. The van der Waals surface area contributed by atoms with Crippen molar-refractivity contribution in [3.8, 4) is 11.1 Å². The van der Waals surface area contributed by atoms with Crippen molar-refractivity contribution in [1.29, 1.82) is 0 Å². The molecule has 0 unspecified atom stereocenters. The van der Waals surface area contributed by atoms with Gasteiger partial charge in [-0.2, -0.15) is 5.10 Å². The van der Waals surface area contributed by atoms with Crippen LogP contribution in [0.25, 0.3) is 16.8 Å². The van der Waals surface area contributed by atoms with Crippen LogP contribution < -0.4 is 10.6 Å². The van der Waals surface area contributed by atoms with Crippen molar-refractivity contribution in [2.45, 2.75) is 6.42 Å². The number of nitrogens with one attached hydrogen (secondary N) is 2. The first-order chi connectivity index (χ1) is 12.7. The lowest BCUT2D eigenvalue weighted by Crippen LogP contribution is -2.30. The molecular weight excluding hydrogens is 328 g/mol. The second-order valence-corrected chi connectivity index (χ2v) is 6.56. The first-order valence-electron chi connectivity index (χ1n) is 8.86. The van der Waals surface area contributed by atoms with Gasteiger partial charge in [0.25, 0.3) is 5.91 Å². The van der Waals surface area contributed by atoms with Gasteiger partial charge in [-0.25, -0.2) is 9.50 Å². The molecule has 134 valence electrons. The quantitative estimate of drug-likeness (QED) is 0.647. The van der Waals surface area contributed by atoms with Gasteiger partial charge in [-0.15, -0.1) is 0 Å². The van der Waals surface area contributed by atoms with Gasteiger partial charge in [0.15, 0.2) is 5.65 Å². The molecule has 1 aliphatic heterocycles. The number of aromatic nitrogens is 3. The molecule has 2 N–H and O–H groups in total. The summed E-state index contributed by atoms with van der Waals surface area (Å²) >= 11 is 0. The smallest absolute Gasteiger partial charge is 0.251 e. The Hall–Kier alpha value is -2.93. The molecule has 0 saturated carbocycles. The van der Waals surface area contributed by atoms with E-state index >= 15 is 0 Å². The second kappa shape index (κ2) is 7.13. The molecule has 4 rings (SSSR count). The fourth-order valence-electron chi connectivity index (χ4n) is 3.14. The van der Waals surface area contributed by atoms with Gasteiger partial charge in [0.05, 0.1) is 6.20 Å². The zero-order valence-corrected chi connectivity index (χ0v) is 14.8. The molecule has 0 fully saturated rings. The van der Waals surface area contributed by atoms with Gasteiger partial charge in [0.2, 0.25) is 0 Å². The summed E-state index contributed by atoms with van der Waals surface area (Å²) in [7, 11) is 2.09. The summed E-state index contributed by atoms with van der Waals surface area (Å²) in [5.41, 5.74) is 3.27. The molecule has 0 saturated heterocycles. The Morgan fingerprint density at radius 3 is 2.88 bits per heavy atom. The lowest BCUT2D eigenvalue weighted by molar-refractivity contribution is 0.0952. The molecule has 7 nitrogen and oxygen atoms in total. The minimum absolute atomic E-state index is 0.0478. The summed E-state index contributed by atoms with van der Waals surface area (Å²) < 4.78 is 1.75. The van der Waals surface area contributed by atoms with Crippen LogP contribution in [0.5, 0.6) is 0 Å².